The number of carbonyl (C=O) groups excluding carboxylic acids is 3. The van der Waals surface area contributed by atoms with Crippen LogP contribution in [-0.4, -0.2) is 57.5 Å². The van der Waals surface area contributed by atoms with Gasteiger partial charge in [-0.2, -0.15) is 0 Å². The lowest BCUT2D eigenvalue weighted by molar-refractivity contribution is -0.385. The molecule has 0 spiro atoms. The lowest BCUT2D eigenvalue weighted by atomic mass is 9.82. The fraction of sp³-hybridized carbons (Fsp3) is 0.378. The van der Waals surface area contributed by atoms with Crippen LogP contribution in [0.25, 0.3) is 0 Å². The molecule has 0 radical (unpaired) electrons. The predicted octanol–water partition coefficient (Wildman–Crippen LogP) is 5.23. The van der Waals surface area contributed by atoms with Gasteiger partial charge in [0.1, 0.15) is 0 Å². The average Bonchev–Trinajstić information content (AvgIpc) is 3.29. The van der Waals surface area contributed by atoms with Crippen molar-refractivity contribution < 1.29 is 29.5 Å². The Morgan fingerprint density at radius 3 is 2.46 bits per heavy atom. The second kappa shape index (κ2) is 15.4. The minimum Gasteiger partial charge on any atom is -0.395 e. The maximum atomic E-state index is 14.0. The number of hydrogen-bond acceptors (Lipinski definition) is 7. The van der Waals surface area contributed by atoms with Gasteiger partial charge in [0.25, 0.3) is 11.6 Å². The number of rotatable bonds is 12. The minimum atomic E-state index is -2.12. The third-order valence-electron chi connectivity index (χ3n) is 9.19. The molecule has 2 atom stereocenters. The van der Waals surface area contributed by atoms with E-state index in [1.54, 1.807) is 24.0 Å². The predicted molar refractivity (Wildman–Crippen MR) is 182 cm³/mol. The smallest absolute Gasteiger partial charge is 0.269 e. The van der Waals surface area contributed by atoms with Crippen LogP contribution in [0.15, 0.2) is 84.9 Å². The van der Waals surface area contributed by atoms with E-state index in [1.165, 1.54) is 28.0 Å². The highest BCUT2D eigenvalue weighted by atomic mass is 16.6. The van der Waals surface area contributed by atoms with Gasteiger partial charge < -0.3 is 24.9 Å². The minimum absolute atomic E-state index is 0.0289. The van der Waals surface area contributed by atoms with Gasteiger partial charge in [0.2, 0.25) is 11.8 Å². The van der Waals surface area contributed by atoms with Crippen molar-refractivity contribution in [3.63, 3.8) is 0 Å². The standard InChI is InChI=1S/C37H42N4O7/c1-27(10-9-14-34(43)38(22-23-42)25-28-11-5-4-6-12-28)37(46)32-24-31(41(47)48)19-20-33(32)40(36(37)45)26-29-15-17-30(18-16-29)39-21-8-3-2-7-13-35(39)44/h4-6,9-12,15-20,24,27,42,46H,2-3,7-8,13-14,21-23,25-26H2,1H3/b10-9+/t27-,37+/m1/s1. The summed E-state index contributed by atoms with van der Waals surface area (Å²) in [4.78, 5) is 55.7. The number of benzene rings is 3. The van der Waals surface area contributed by atoms with Gasteiger partial charge in [-0.05, 0) is 42.2 Å². The van der Waals surface area contributed by atoms with E-state index in [4.69, 9.17) is 0 Å². The van der Waals surface area contributed by atoms with Crippen LogP contribution in [0.3, 0.4) is 0 Å². The molecule has 2 aliphatic heterocycles. The molecule has 11 nitrogen and oxygen atoms in total. The summed E-state index contributed by atoms with van der Waals surface area (Å²) in [5.41, 5.74) is 0.588. The van der Waals surface area contributed by atoms with Gasteiger partial charge in [-0.1, -0.05) is 74.4 Å². The first-order chi connectivity index (χ1) is 23.1. The van der Waals surface area contributed by atoms with Crippen LogP contribution < -0.4 is 9.80 Å². The van der Waals surface area contributed by atoms with Gasteiger partial charge >= 0.3 is 0 Å². The first-order valence-electron chi connectivity index (χ1n) is 16.4. The summed E-state index contributed by atoms with van der Waals surface area (Å²) >= 11 is 0. The number of aliphatic hydroxyl groups excluding tert-OH is 1. The van der Waals surface area contributed by atoms with E-state index in [0.29, 0.717) is 25.2 Å². The third kappa shape index (κ3) is 7.48. The number of nitro groups is 1. The van der Waals surface area contributed by atoms with Crippen molar-refractivity contribution in [2.24, 2.45) is 5.92 Å². The molecule has 11 heteroatoms. The van der Waals surface area contributed by atoms with Gasteiger partial charge in [-0.3, -0.25) is 24.5 Å². The maximum Gasteiger partial charge on any atom is 0.269 e. The number of nitrogens with zero attached hydrogens (tertiary/aromatic N) is 4. The van der Waals surface area contributed by atoms with Crippen LogP contribution in [-0.2, 0) is 33.1 Å². The van der Waals surface area contributed by atoms with E-state index in [2.05, 4.69) is 0 Å². The molecular formula is C37H42N4O7. The normalized spacial score (nSPS) is 18.8. The Morgan fingerprint density at radius 2 is 1.75 bits per heavy atom. The Balaban J connectivity index is 1.35. The number of aliphatic hydroxyl groups is 2. The van der Waals surface area contributed by atoms with Crippen LogP contribution in [0, 0.1) is 16.0 Å². The van der Waals surface area contributed by atoms with Gasteiger partial charge in [-0.25, -0.2) is 0 Å². The Bertz CT molecular complexity index is 1660. The van der Waals surface area contributed by atoms with E-state index in [9.17, 15) is 34.7 Å². The van der Waals surface area contributed by atoms with Crippen molar-refractivity contribution in [3.8, 4) is 0 Å². The maximum absolute atomic E-state index is 14.0. The summed E-state index contributed by atoms with van der Waals surface area (Å²) in [6.45, 7) is 2.68. The number of fused-ring (bicyclic) bond motifs is 1. The number of carbonyl (C=O) groups is 3. The molecule has 0 saturated carbocycles. The van der Waals surface area contributed by atoms with Crippen molar-refractivity contribution in [1.29, 1.82) is 0 Å². The van der Waals surface area contributed by atoms with Crippen molar-refractivity contribution in [2.45, 2.75) is 64.1 Å². The molecule has 2 N–H and O–H groups in total. The summed E-state index contributed by atoms with van der Waals surface area (Å²) in [7, 11) is 0. The van der Waals surface area contributed by atoms with E-state index >= 15 is 0 Å². The van der Waals surface area contributed by atoms with Crippen LogP contribution in [0.5, 0.6) is 0 Å². The van der Waals surface area contributed by atoms with Crippen LogP contribution in [0.4, 0.5) is 17.1 Å². The molecule has 0 aromatic heterocycles. The van der Waals surface area contributed by atoms with Gasteiger partial charge in [0, 0.05) is 61.8 Å². The molecule has 48 heavy (non-hydrogen) atoms. The quantitative estimate of drug-likeness (QED) is 0.155. The van der Waals surface area contributed by atoms with Crippen molar-refractivity contribution in [3.05, 3.63) is 112 Å². The second-order valence-corrected chi connectivity index (χ2v) is 12.4. The number of hydrogen-bond donors (Lipinski definition) is 2. The van der Waals surface area contributed by atoms with E-state index in [-0.39, 0.29) is 49.2 Å². The Kier molecular flexibility index (Phi) is 11.0. The molecule has 3 amide bonds. The molecule has 1 saturated heterocycles. The highest BCUT2D eigenvalue weighted by Crippen LogP contribution is 2.47. The van der Waals surface area contributed by atoms with Crippen LogP contribution in [0.1, 0.15) is 62.1 Å². The monoisotopic (exact) mass is 654 g/mol. The zero-order valence-electron chi connectivity index (χ0n) is 27.2. The number of amides is 3. The number of anilines is 2. The fourth-order valence-electron chi connectivity index (χ4n) is 6.46. The topological polar surface area (TPSA) is 145 Å². The molecule has 2 heterocycles. The molecule has 252 valence electrons. The summed E-state index contributed by atoms with van der Waals surface area (Å²) in [6.07, 6.45) is 7.61. The van der Waals surface area contributed by atoms with Gasteiger partial charge in [-0.15, -0.1) is 0 Å². The summed E-state index contributed by atoms with van der Waals surface area (Å²) < 4.78 is 0. The van der Waals surface area contributed by atoms with Gasteiger partial charge in [0.15, 0.2) is 5.60 Å². The highest BCUT2D eigenvalue weighted by Gasteiger charge is 2.53. The molecule has 0 aliphatic carbocycles. The summed E-state index contributed by atoms with van der Waals surface area (Å²) in [5.74, 6) is -1.61. The Hall–Kier alpha value is -4.87. The number of nitro benzene ring substituents is 1. The van der Waals surface area contributed by atoms with E-state index in [1.807, 2.05) is 54.6 Å². The molecule has 3 aromatic rings. The highest BCUT2D eigenvalue weighted by molar-refractivity contribution is 6.07. The SMILES string of the molecule is C[C@H](/C=C/CC(=O)N(CCO)Cc1ccccc1)[C@@]1(O)C(=O)N(Cc2ccc(N3CCCCCCC3=O)cc2)c2ccc([N+](=O)[O-])cc21. The molecule has 3 aromatic carbocycles. The first-order valence-corrected chi connectivity index (χ1v) is 16.4. The van der Waals surface area contributed by atoms with Crippen LogP contribution in [0.2, 0.25) is 0 Å². The lowest BCUT2D eigenvalue weighted by Gasteiger charge is -2.28. The fourth-order valence-corrected chi connectivity index (χ4v) is 6.46. The zero-order valence-corrected chi connectivity index (χ0v) is 27.2. The first kappa shape index (κ1) is 34.5. The summed E-state index contributed by atoms with van der Waals surface area (Å²) in [5, 5.41) is 33.2. The third-order valence-corrected chi connectivity index (χ3v) is 9.19. The lowest BCUT2D eigenvalue weighted by Crippen LogP contribution is -2.44. The summed E-state index contributed by atoms with van der Waals surface area (Å²) in [6, 6.07) is 20.9. The van der Waals surface area contributed by atoms with Crippen molar-refractivity contribution in [1.82, 2.24) is 4.90 Å². The van der Waals surface area contributed by atoms with Crippen molar-refractivity contribution >= 4 is 34.8 Å². The van der Waals surface area contributed by atoms with E-state index in [0.717, 1.165) is 42.5 Å². The molecule has 0 unspecified atom stereocenters. The molecule has 5 rings (SSSR count). The Morgan fingerprint density at radius 1 is 1.02 bits per heavy atom. The molecular weight excluding hydrogens is 612 g/mol. The second-order valence-electron chi connectivity index (χ2n) is 12.4. The Labute approximate surface area is 280 Å². The van der Waals surface area contributed by atoms with E-state index < -0.39 is 22.3 Å². The molecule has 1 fully saturated rings. The van der Waals surface area contributed by atoms with Gasteiger partial charge in [0.05, 0.1) is 23.8 Å². The average molecular weight is 655 g/mol. The molecule has 0 bridgehead atoms. The largest absolute Gasteiger partial charge is 0.395 e. The van der Waals surface area contributed by atoms with Crippen molar-refractivity contribution in [2.75, 3.05) is 29.5 Å². The molecule has 2 aliphatic rings. The van der Waals surface area contributed by atoms with Crippen LogP contribution >= 0.6 is 0 Å². The zero-order chi connectivity index (χ0) is 34.3. The number of non-ortho nitro benzene ring substituents is 1.